The fraction of sp³-hybridized carbons (Fsp3) is 0.0417. The molecule has 6 nitrogen and oxygen atoms in total. The normalized spacial score (nSPS) is 11.6. The van der Waals surface area contributed by atoms with Crippen LogP contribution in [0.25, 0.3) is 6.08 Å². The van der Waals surface area contributed by atoms with Gasteiger partial charge in [0.1, 0.15) is 5.82 Å². The topological polar surface area (TPSA) is 96.6 Å². The Kier molecular flexibility index (Phi) is 6.57. The summed E-state index contributed by atoms with van der Waals surface area (Å²) in [6, 6.07) is 16.2. The average Bonchev–Trinajstić information content (AvgIpc) is 3.16. The molecule has 0 aliphatic heterocycles. The van der Waals surface area contributed by atoms with Gasteiger partial charge in [0.05, 0.1) is 0 Å². The number of hydrogen-bond acceptors (Lipinski definition) is 4. The lowest BCUT2D eigenvalue weighted by atomic mass is 10.1. The number of hydrogen-bond donors (Lipinski definition) is 2. The van der Waals surface area contributed by atoms with Crippen molar-refractivity contribution in [2.75, 3.05) is 0 Å². The lowest BCUT2D eigenvalue weighted by Crippen LogP contribution is -2.03. The van der Waals surface area contributed by atoms with Gasteiger partial charge in [-0.3, -0.25) is 9.59 Å². The molecule has 31 heavy (non-hydrogen) atoms. The van der Waals surface area contributed by atoms with Crippen molar-refractivity contribution in [1.29, 1.82) is 0 Å². The minimum absolute atomic E-state index is 0.206. The first-order chi connectivity index (χ1) is 14.8. The lowest BCUT2D eigenvalue weighted by molar-refractivity contribution is -0.135. The van der Waals surface area contributed by atoms with Crippen LogP contribution >= 0.6 is 0 Å². The van der Waals surface area contributed by atoms with Crippen LogP contribution < -0.4 is 0 Å². The number of aromatic nitrogens is 1. The van der Waals surface area contributed by atoms with Gasteiger partial charge in [0.2, 0.25) is 5.76 Å². The summed E-state index contributed by atoms with van der Waals surface area (Å²) in [6.45, 7) is 0.312. The van der Waals surface area contributed by atoms with Gasteiger partial charge >= 0.3 is 5.97 Å². The Hall–Kier alpha value is -4.26. The zero-order valence-electron chi connectivity index (χ0n) is 16.2. The molecular formula is C24H18FNO5. The Labute approximate surface area is 177 Å². The number of ketones is 2. The van der Waals surface area contributed by atoms with Gasteiger partial charge in [-0.05, 0) is 35.9 Å². The van der Waals surface area contributed by atoms with E-state index in [1.807, 2.05) is 0 Å². The summed E-state index contributed by atoms with van der Waals surface area (Å²) in [7, 11) is 0. The number of rotatable bonds is 8. The molecule has 0 bridgehead atoms. The molecular weight excluding hydrogens is 401 g/mol. The molecule has 2 aromatic carbocycles. The van der Waals surface area contributed by atoms with E-state index in [2.05, 4.69) is 0 Å². The highest BCUT2D eigenvalue weighted by atomic mass is 19.1. The van der Waals surface area contributed by atoms with E-state index in [-0.39, 0.29) is 11.6 Å². The van der Waals surface area contributed by atoms with Crippen LogP contribution in [0.3, 0.4) is 0 Å². The monoisotopic (exact) mass is 419 g/mol. The highest BCUT2D eigenvalue weighted by Crippen LogP contribution is 2.18. The number of carbonyl (C=O) groups is 3. The number of nitrogens with zero attached hydrogens (tertiary/aromatic N) is 1. The highest BCUT2D eigenvalue weighted by Gasteiger charge is 2.14. The molecule has 1 aromatic heterocycles. The van der Waals surface area contributed by atoms with Crippen LogP contribution in [-0.2, 0) is 16.1 Å². The van der Waals surface area contributed by atoms with Crippen molar-refractivity contribution in [3.05, 3.63) is 113 Å². The van der Waals surface area contributed by atoms with E-state index < -0.39 is 17.5 Å². The summed E-state index contributed by atoms with van der Waals surface area (Å²) >= 11 is 0. The predicted octanol–water partition coefficient (Wildman–Crippen LogP) is 4.02. The summed E-state index contributed by atoms with van der Waals surface area (Å²) in [4.78, 5) is 35.3. The minimum Gasteiger partial charge on any atom is -0.502 e. The molecule has 1 heterocycles. The van der Waals surface area contributed by atoms with Crippen LogP contribution in [0.15, 0.2) is 84.8 Å². The fourth-order valence-electron chi connectivity index (χ4n) is 2.88. The van der Waals surface area contributed by atoms with Gasteiger partial charge in [0.25, 0.3) is 0 Å². The van der Waals surface area contributed by atoms with E-state index in [1.54, 1.807) is 59.3 Å². The summed E-state index contributed by atoms with van der Waals surface area (Å²) in [5.41, 5.74) is 2.17. The second kappa shape index (κ2) is 9.49. The maximum Gasteiger partial charge on any atom is 0.371 e. The van der Waals surface area contributed by atoms with Crippen LogP contribution in [0.1, 0.15) is 27.2 Å². The first-order valence-corrected chi connectivity index (χ1v) is 9.24. The number of carboxylic acid groups (broad SMARTS) is 1. The first kappa shape index (κ1) is 21.4. The van der Waals surface area contributed by atoms with E-state index in [0.29, 0.717) is 29.4 Å². The molecule has 0 amide bonds. The van der Waals surface area contributed by atoms with Crippen LogP contribution in [0.5, 0.6) is 0 Å². The van der Waals surface area contributed by atoms with Gasteiger partial charge in [0.15, 0.2) is 11.6 Å². The third-order valence-corrected chi connectivity index (χ3v) is 4.41. The van der Waals surface area contributed by atoms with Crippen molar-refractivity contribution < 1.29 is 29.0 Å². The van der Waals surface area contributed by atoms with Gasteiger partial charge < -0.3 is 14.8 Å². The number of allylic oxidation sites excluding steroid dienone is 2. The van der Waals surface area contributed by atoms with Gasteiger partial charge in [0, 0.05) is 35.6 Å². The molecule has 3 rings (SSSR count). The minimum atomic E-state index is -1.61. The van der Waals surface area contributed by atoms with Crippen molar-refractivity contribution in [2.45, 2.75) is 6.54 Å². The van der Waals surface area contributed by atoms with E-state index in [0.717, 1.165) is 11.6 Å². The van der Waals surface area contributed by atoms with Crippen LogP contribution in [0, 0.1) is 5.82 Å². The number of aliphatic hydroxyl groups is 1. The molecule has 0 atom stereocenters. The number of aliphatic carboxylic acids is 1. The first-order valence-electron chi connectivity index (χ1n) is 9.24. The summed E-state index contributed by atoms with van der Waals surface area (Å²) in [5.74, 6) is -3.99. The predicted molar refractivity (Wildman–Crippen MR) is 112 cm³/mol. The van der Waals surface area contributed by atoms with Crippen LogP contribution in [-0.4, -0.2) is 32.3 Å². The molecule has 0 radical (unpaired) electrons. The second-order valence-corrected chi connectivity index (χ2v) is 6.67. The molecule has 0 aliphatic carbocycles. The lowest BCUT2D eigenvalue weighted by Gasteiger charge is -2.06. The molecule has 0 unspecified atom stereocenters. The SMILES string of the molecule is O=C(/C=C(\O)C(=O)O)/C=C/c1cc(C(=O)c2ccccc2)cn1Cc1ccc(F)cc1. The quantitative estimate of drug-likeness (QED) is 0.327. The van der Waals surface area contributed by atoms with Crippen molar-refractivity contribution in [3.8, 4) is 0 Å². The second-order valence-electron chi connectivity index (χ2n) is 6.67. The molecule has 3 aromatic rings. The van der Waals surface area contributed by atoms with Crippen molar-refractivity contribution in [3.63, 3.8) is 0 Å². The van der Waals surface area contributed by atoms with Crippen LogP contribution in [0.4, 0.5) is 4.39 Å². The maximum atomic E-state index is 13.2. The zero-order valence-corrected chi connectivity index (χ0v) is 16.2. The molecule has 7 heteroatoms. The molecule has 0 aliphatic rings. The van der Waals surface area contributed by atoms with Gasteiger partial charge in [-0.25, -0.2) is 9.18 Å². The number of aliphatic hydroxyl groups excluding tert-OH is 1. The van der Waals surface area contributed by atoms with E-state index >= 15 is 0 Å². The Bertz CT molecular complexity index is 1170. The summed E-state index contributed by atoms with van der Waals surface area (Å²) in [5, 5.41) is 17.8. The molecule has 156 valence electrons. The smallest absolute Gasteiger partial charge is 0.371 e. The van der Waals surface area contributed by atoms with Crippen molar-refractivity contribution in [1.82, 2.24) is 4.57 Å². The maximum absolute atomic E-state index is 13.2. The van der Waals surface area contributed by atoms with Crippen LogP contribution in [0.2, 0.25) is 0 Å². The Morgan fingerprint density at radius 3 is 2.26 bits per heavy atom. The summed E-state index contributed by atoms with van der Waals surface area (Å²) < 4.78 is 14.9. The number of carbonyl (C=O) groups excluding carboxylic acids is 2. The molecule has 0 saturated heterocycles. The third kappa shape index (κ3) is 5.63. The number of halogens is 1. The number of carboxylic acids is 1. The standard InChI is InChI=1S/C24H18FNO5/c25-19-8-6-16(7-9-19)14-26-15-18(23(29)17-4-2-1-3-5-17)12-20(26)10-11-21(27)13-22(28)24(30)31/h1-13,15,28H,14H2,(H,30,31)/b11-10+,22-13-. The average molecular weight is 419 g/mol. The van der Waals surface area contributed by atoms with Gasteiger partial charge in [-0.15, -0.1) is 0 Å². The molecule has 0 fully saturated rings. The largest absolute Gasteiger partial charge is 0.502 e. The molecule has 0 spiro atoms. The van der Waals surface area contributed by atoms with E-state index in [4.69, 9.17) is 5.11 Å². The summed E-state index contributed by atoms with van der Waals surface area (Å²) in [6.07, 6.45) is 4.72. The molecule has 0 saturated carbocycles. The zero-order chi connectivity index (χ0) is 22.4. The third-order valence-electron chi connectivity index (χ3n) is 4.41. The Morgan fingerprint density at radius 1 is 0.935 bits per heavy atom. The van der Waals surface area contributed by atoms with Gasteiger partial charge in [-0.2, -0.15) is 0 Å². The Balaban J connectivity index is 1.94. The highest BCUT2D eigenvalue weighted by molar-refractivity contribution is 6.09. The Morgan fingerprint density at radius 2 is 1.61 bits per heavy atom. The van der Waals surface area contributed by atoms with E-state index in [9.17, 15) is 23.9 Å². The number of benzene rings is 2. The van der Waals surface area contributed by atoms with E-state index in [1.165, 1.54) is 18.2 Å². The molecule has 2 N–H and O–H groups in total. The van der Waals surface area contributed by atoms with Crippen molar-refractivity contribution >= 4 is 23.6 Å². The van der Waals surface area contributed by atoms with Crippen molar-refractivity contribution in [2.24, 2.45) is 0 Å². The van der Waals surface area contributed by atoms with Gasteiger partial charge in [-0.1, -0.05) is 42.5 Å². The fourth-order valence-corrected chi connectivity index (χ4v) is 2.88.